The lowest BCUT2D eigenvalue weighted by atomic mass is 10.4. The molecule has 3 nitrogen and oxygen atoms in total. The van der Waals surface area contributed by atoms with Gasteiger partial charge in [0.15, 0.2) is 5.69 Å². The average molecular weight is 326 g/mol. The molecule has 1 heterocycles. The number of halogens is 7. The average Bonchev–Trinajstić information content (AvgIpc) is 2.21. The first kappa shape index (κ1) is 16.2. The van der Waals surface area contributed by atoms with Crippen LogP contribution >= 0.6 is 23.4 Å². The van der Waals surface area contributed by atoms with E-state index >= 15 is 0 Å². The highest BCUT2D eigenvalue weighted by Gasteiger charge is 2.33. The molecule has 1 N–H and O–H groups in total. The molecule has 0 atom stereocenters. The van der Waals surface area contributed by atoms with Crippen LogP contribution in [0.15, 0.2) is 6.07 Å². The van der Waals surface area contributed by atoms with Gasteiger partial charge in [0.2, 0.25) is 5.28 Å². The third-order valence-corrected chi connectivity index (χ3v) is 2.57. The first-order valence-electron chi connectivity index (χ1n) is 4.64. The summed E-state index contributed by atoms with van der Waals surface area (Å²) in [5.41, 5.74) is -5.65. The number of anilines is 1. The molecule has 0 saturated heterocycles. The molecule has 0 amide bonds. The van der Waals surface area contributed by atoms with Crippen molar-refractivity contribution in [1.82, 2.24) is 9.97 Å². The fourth-order valence-electron chi connectivity index (χ4n) is 0.999. The van der Waals surface area contributed by atoms with E-state index < -0.39 is 22.7 Å². The summed E-state index contributed by atoms with van der Waals surface area (Å²) in [6, 6.07) is 0.574. The number of alkyl halides is 6. The lowest BCUT2D eigenvalue weighted by molar-refractivity contribution is -0.141. The Bertz CT molecular complexity index is 435. The third kappa shape index (κ3) is 6.19. The summed E-state index contributed by atoms with van der Waals surface area (Å²) in [7, 11) is 0. The first-order chi connectivity index (χ1) is 8.58. The van der Waals surface area contributed by atoms with Gasteiger partial charge in [-0.25, -0.2) is 9.97 Å². The van der Waals surface area contributed by atoms with Crippen molar-refractivity contribution in [3.8, 4) is 0 Å². The summed E-state index contributed by atoms with van der Waals surface area (Å²) in [4.78, 5) is 6.41. The van der Waals surface area contributed by atoms with Gasteiger partial charge in [0, 0.05) is 18.4 Å². The van der Waals surface area contributed by atoms with Gasteiger partial charge in [-0.1, -0.05) is 0 Å². The molecule has 0 spiro atoms. The van der Waals surface area contributed by atoms with Crippen LogP contribution in [0, 0.1) is 0 Å². The Labute approximate surface area is 112 Å². The number of aromatic nitrogens is 2. The van der Waals surface area contributed by atoms with Crippen LogP contribution in [0.3, 0.4) is 0 Å². The Morgan fingerprint density at radius 1 is 1.16 bits per heavy atom. The maximum Gasteiger partial charge on any atom is 0.441 e. The minimum absolute atomic E-state index is 0.213. The van der Waals surface area contributed by atoms with Crippen molar-refractivity contribution in [3.05, 3.63) is 17.0 Å². The number of thioether (sulfide) groups is 1. The normalized spacial score (nSPS) is 12.6. The van der Waals surface area contributed by atoms with Crippen LogP contribution in [-0.2, 0) is 6.18 Å². The molecule has 1 aromatic rings. The van der Waals surface area contributed by atoms with E-state index in [0.717, 1.165) is 0 Å². The van der Waals surface area contributed by atoms with Crippen LogP contribution < -0.4 is 5.32 Å². The van der Waals surface area contributed by atoms with Gasteiger partial charge in [0.25, 0.3) is 0 Å². The van der Waals surface area contributed by atoms with E-state index in [0.29, 0.717) is 6.07 Å². The molecule has 108 valence electrons. The highest BCUT2D eigenvalue weighted by molar-refractivity contribution is 8.00. The van der Waals surface area contributed by atoms with Gasteiger partial charge in [-0.05, 0) is 23.4 Å². The molecule has 0 fully saturated rings. The minimum Gasteiger partial charge on any atom is -0.369 e. The van der Waals surface area contributed by atoms with Gasteiger partial charge < -0.3 is 5.32 Å². The van der Waals surface area contributed by atoms with Gasteiger partial charge in [0.1, 0.15) is 5.82 Å². The van der Waals surface area contributed by atoms with Crippen LogP contribution in [-0.4, -0.2) is 27.8 Å². The fourth-order valence-corrected chi connectivity index (χ4v) is 1.62. The van der Waals surface area contributed by atoms with Gasteiger partial charge in [-0.3, -0.25) is 0 Å². The van der Waals surface area contributed by atoms with Crippen LogP contribution in [0.5, 0.6) is 0 Å². The summed E-state index contributed by atoms with van der Waals surface area (Å²) in [5.74, 6) is -0.651. The van der Waals surface area contributed by atoms with Gasteiger partial charge in [-0.2, -0.15) is 26.3 Å². The molecule has 0 bridgehead atoms. The SMILES string of the molecule is FC(F)(F)SCCNc1cc(C(F)(F)F)nc(Cl)n1. The second kappa shape index (κ2) is 6.04. The molecule has 0 aliphatic carbocycles. The van der Waals surface area contributed by atoms with Crippen LogP contribution in [0.1, 0.15) is 5.69 Å². The molecule has 0 saturated carbocycles. The van der Waals surface area contributed by atoms with Crippen molar-refractivity contribution in [1.29, 1.82) is 0 Å². The molecule has 0 aliphatic heterocycles. The third-order valence-electron chi connectivity index (χ3n) is 1.66. The summed E-state index contributed by atoms with van der Waals surface area (Å²) in [6.45, 7) is -0.213. The van der Waals surface area contributed by atoms with Crippen molar-refractivity contribution in [3.63, 3.8) is 0 Å². The topological polar surface area (TPSA) is 37.8 Å². The van der Waals surface area contributed by atoms with E-state index in [1.165, 1.54) is 0 Å². The smallest absolute Gasteiger partial charge is 0.369 e. The lowest BCUT2D eigenvalue weighted by Gasteiger charge is -2.10. The zero-order chi connectivity index (χ0) is 14.7. The molecular weight excluding hydrogens is 320 g/mol. The maximum atomic E-state index is 12.4. The molecular formula is C8H6ClF6N3S. The Kier molecular flexibility index (Phi) is 5.13. The zero-order valence-electron chi connectivity index (χ0n) is 8.94. The molecule has 0 radical (unpaired) electrons. The quantitative estimate of drug-likeness (QED) is 0.519. The Balaban J connectivity index is 2.62. The van der Waals surface area contributed by atoms with Gasteiger partial charge in [-0.15, -0.1) is 0 Å². The molecule has 19 heavy (non-hydrogen) atoms. The van der Waals surface area contributed by atoms with E-state index in [9.17, 15) is 26.3 Å². The zero-order valence-corrected chi connectivity index (χ0v) is 10.5. The standard InChI is InChI=1S/C8H6ClF6N3S/c9-6-17-4(7(10,11)12)3-5(18-6)16-1-2-19-8(13,14)15/h3H,1-2H2,(H,16,17,18). The number of nitrogens with zero attached hydrogens (tertiary/aromatic N) is 2. The molecule has 1 rings (SSSR count). The second-order valence-corrected chi connectivity index (χ2v) is 4.62. The minimum atomic E-state index is -4.70. The molecule has 0 aliphatic rings. The van der Waals surface area contributed by atoms with Gasteiger partial charge in [0.05, 0.1) is 0 Å². The number of rotatable bonds is 4. The Morgan fingerprint density at radius 3 is 2.32 bits per heavy atom. The highest BCUT2D eigenvalue weighted by atomic mass is 35.5. The number of nitrogens with one attached hydrogen (secondary N) is 1. The predicted molar refractivity (Wildman–Crippen MR) is 59.0 cm³/mol. The van der Waals surface area contributed by atoms with E-state index in [1.54, 1.807) is 0 Å². The summed E-state index contributed by atoms with van der Waals surface area (Å²) < 4.78 is 72.5. The molecule has 11 heteroatoms. The Morgan fingerprint density at radius 2 is 1.79 bits per heavy atom. The van der Waals surface area contributed by atoms with Crippen molar-refractivity contribution in [2.24, 2.45) is 0 Å². The van der Waals surface area contributed by atoms with Crippen molar-refractivity contribution < 1.29 is 26.3 Å². The highest BCUT2D eigenvalue weighted by Crippen LogP contribution is 2.31. The molecule has 1 aromatic heterocycles. The van der Waals surface area contributed by atoms with E-state index in [4.69, 9.17) is 11.6 Å². The fraction of sp³-hybridized carbons (Fsp3) is 0.500. The van der Waals surface area contributed by atoms with Crippen molar-refractivity contribution in [2.45, 2.75) is 11.7 Å². The van der Waals surface area contributed by atoms with Crippen LogP contribution in [0.2, 0.25) is 5.28 Å². The molecule has 0 unspecified atom stereocenters. The van der Waals surface area contributed by atoms with Crippen LogP contribution in [0.25, 0.3) is 0 Å². The summed E-state index contributed by atoms with van der Waals surface area (Å²) >= 11 is 5.00. The van der Waals surface area contributed by atoms with Crippen molar-refractivity contribution in [2.75, 3.05) is 17.6 Å². The van der Waals surface area contributed by atoms with Crippen molar-refractivity contribution >= 4 is 29.2 Å². The predicted octanol–water partition coefficient (Wildman–Crippen LogP) is 3.81. The second-order valence-electron chi connectivity index (χ2n) is 3.13. The van der Waals surface area contributed by atoms with Gasteiger partial charge >= 0.3 is 11.7 Å². The maximum absolute atomic E-state index is 12.4. The molecule has 0 aromatic carbocycles. The Hall–Kier alpha value is -0.900. The van der Waals surface area contributed by atoms with E-state index in [1.807, 2.05) is 0 Å². The largest absolute Gasteiger partial charge is 0.441 e. The van der Waals surface area contributed by atoms with Crippen LogP contribution in [0.4, 0.5) is 32.2 Å². The first-order valence-corrected chi connectivity index (χ1v) is 6.00. The van der Waals surface area contributed by atoms with E-state index in [2.05, 4.69) is 15.3 Å². The number of hydrogen-bond donors (Lipinski definition) is 1. The summed E-state index contributed by atoms with van der Waals surface area (Å²) in [5, 5.41) is 1.68. The lowest BCUT2D eigenvalue weighted by Crippen LogP contribution is -2.13. The van der Waals surface area contributed by atoms with E-state index in [-0.39, 0.29) is 29.9 Å². The number of hydrogen-bond acceptors (Lipinski definition) is 4. The monoisotopic (exact) mass is 325 g/mol. The summed E-state index contributed by atoms with van der Waals surface area (Å²) in [6.07, 6.45) is -4.70.